The third-order valence-corrected chi connectivity index (χ3v) is 6.35. The summed E-state index contributed by atoms with van der Waals surface area (Å²) in [5, 5.41) is 10.4. The second-order valence-corrected chi connectivity index (χ2v) is 8.87. The van der Waals surface area contributed by atoms with Crippen molar-refractivity contribution in [2.24, 2.45) is 17.8 Å². The molecule has 3 rings (SSSR count). The summed E-state index contributed by atoms with van der Waals surface area (Å²) in [6.07, 6.45) is 3.35. The molecular formula is C18H24N2O3S2. The van der Waals surface area contributed by atoms with Gasteiger partial charge in [-0.2, -0.15) is 0 Å². The Balaban J connectivity index is 1.52. The normalized spacial score (nSPS) is 23.8. The van der Waals surface area contributed by atoms with Gasteiger partial charge in [0, 0.05) is 0 Å². The molecule has 5 nitrogen and oxygen atoms in total. The zero-order valence-electron chi connectivity index (χ0n) is 14.8. The predicted molar refractivity (Wildman–Crippen MR) is 99.6 cm³/mol. The first-order valence-electron chi connectivity index (χ1n) is 8.72. The van der Waals surface area contributed by atoms with Gasteiger partial charge in [-0.15, -0.1) is 21.5 Å². The maximum Gasteiger partial charge on any atom is 0.316 e. The van der Waals surface area contributed by atoms with Crippen LogP contribution in [0.1, 0.15) is 40.0 Å². The van der Waals surface area contributed by atoms with Crippen molar-refractivity contribution in [3.8, 4) is 10.8 Å². The molecule has 0 saturated heterocycles. The zero-order valence-corrected chi connectivity index (χ0v) is 16.4. The van der Waals surface area contributed by atoms with Crippen LogP contribution in [-0.2, 0) is 9.53 Å². The number of ether oxygens (including phenoxy) is 1. The lowest BCUT2D eigenvalue weighted by atomic mass is 9.75. The Bertz CT molecular complexity index is 684. The molecule has 25 heavy (non-hydrogen) atoms. The van der Waals surface area contributed by atoms with E-state index in [4.69, 9.17) is 9.15 Å². The molecule has 0 bridgehead atoms. The van der Waals surface area contributed by atoms with Crippen LogP contribution in [0.25, 0.3) is 10.8 Å². The molecule has 0 N–H and O–H groups in total. The van der Waals surface area contributed by atoms with E-state index in [0.29, 0.717) is 28.9 Å². The van der Waals surface area contributed by atoms with Gasteiger partial charge in [0.1, 0.15) is 11.9 Å². The number of carbonyl (C=O) groups excluding carboxylic acids is 1. The van der Waals surface area contributed by atoms with E-state index in [-0.39, 0.29) is 17.8 Å². The average molecular weight is 381 g/mol. The van der Waals surface area contributed by atoms with E-state index >= 15 is 0 Å². The van der Waals surface area contributed by atoms with Crippen molar-refractivity contribution < 1.29 is 13.9 Å². The van der Waals surface area contributed by atoms with Crippen LogP contribution in [0.5, 0.6) is 0 Å². The monoisotopic (exact) mass is 380 g/mol. The molecule has 0 amide bonds. The number of aromatic nitrogens is 2. The molecule has 3 unspecified atom stereocenters. The molecule has 1 saturated carbocycles. The van der Waals surface area contributed by atoms with Crippen LogP contribution >= 0.6 is 23.1 Å². The van der Waals surface area contributed by atoms with Crippen LogP contribution in [-0.4, -0.2) is 28.0 Å². The van der Waals surface area contributed by atoms with Gasteiger partial charge < -0.3 is 9.15 Å². The molecule has 1 aliphatic carbocycles. The zero-order chi connectivity index (χ0) is 17.8. The van der Waals surface area contributed by atoms with E-state index in [2.05, 4.69) is 31.0 Å². The van der Waals surface area contributed by atoms with Crippen LogP contribution in [0.2, 0.25) is 0 Å². The fourth-order valence-electron chi connectivity index (χ4n) is 3.34. The summed E-state index contributed by atoms with van der Waals surface area (Å²) < 4.78 is 11.4. The quantitative estimate of drug-likeness (QED) is 0.525. The van der Waals surface area contributed by atoms with Crippen molar-refractivity contribution in [3.63, 3.8) is 0 Å². The number of thioether (sulfide) groups is 1. The minimum atomic E-state index is -0.203. The molecule has 2 aromatic heterocycles. The van der Waals surface area contributed by atoms with Crippen molar-refractivity contribution in [3.05, 3.63) is 17.5 Å². The van der Waals surface area contributed by atoms with Crippen molar-refractivity contribution in [1.29, 1.82) is 0 Å². The average Bonchev–Trinajstić information content (AvgIpc) is 3.24. The predicted octanol–water partition coefficient (Wildman–Crippen LogP) is 4.89. The Hall–Kier alpha value is -1.34. The SMILES string of the molecule is CC1CCC(C(C)C)C(OC(=O)CSc2nnc(-c3cccs3)o2)C1. The second kappa shape index (κ2) is 8.36. The smallest absolute Gasteiger partial charge is 0.316 e. The Kier molecular flexibility index (Phi) is 6.17. The van der Waals surface area contributed by atoms with Gasteiger partial charge in [0.15, 0.2) is 0 Å². The summed E-state index contributed by atoms with van der Waals surface area (Å²) in [5.41, 5.74) is 0. The van der Waals surface area contributed by atoms with Crippen molar-refractivity contribution >= 4 is 29.1 Å². The lowest BCUT2D eigenvalue weighted by molar-refractivity contribution is -0.152. The van der Waals surface area contributed by atoms with Crippen LogP contribution in [0, 0.1) is 17.8 Å². The summed E-state index contributed by atoms with van der Waals surface area (Å²) in [6, 6.07) is 3.86. The van der Waals surface area contributed by atoms with Gasteiger partial charge in [-0.05, 0) is 42.0 Å². The molecule has 3 atom stereocenters. The number of hydrogen-bond donors (Lipinski definition) is 0. The van der Waals surface area contributed by atoms with Gasteiger partial charge in [0.05, 0.1) is 4.88 Å². The molecule has 2 aromatic rings. The molecule has 0 aromatic carbocycles. The highest BCUT2D eigenvalue weighted by Gasteiger charge is 2.33. The maximum atomic E-state index is 12.3. The van der Waals surface area contributed by atoms with Crippen molar-refractivity contribution in [1.82, 2.24) is 10.2 Å². The first-order valence-corrected chi connectivity index (χ1v) is 10.6. The van der Waals surface area contributed by atoms with E-state index in [1.807, 2.05) is 17.5 Å². The summed E-state index contributed by atoms with van der Waals surface area (Å²) in [4.78, 5) is 13.2. The largest absolute Gasteiger partial charge is 0.461 e. The molecular weight excluding hydrogens is 356 g/mol. The molecule has 0 aliphatic heterocycles. The lowest BCUT2D eigenvalue weighted by Gasteiger charge is -2.36. The van der Waals surface area contributed by atoms with E-state index in [1.54, 1.807) is 11.3 Å². The molecule has 1 aliphatic rings. The molecule has 0 spiro atoms. The number of hydrogen-bond acceptors (Lipinski definition) is 7. The Morgan fingerprint density at radius 2 is 2.28 bits per heavy atom. The van der Waals surface area contributed by atoms with Gasteiger partial charge in [-0.3, -0.25) is 4.79 Å². The summed E-state index contributed by atoms with van der Waals surface area (Å²) >= 11 is 2.78. The first kappa shape index (κ1) is 18.5. The molecule has 136 valence electrons. The molecule has 1 fully saturated rings. The highest BCUT2D eigenvalue weighted by Crippen LogP contribution is 2.35. The number of carbonyl (C=O) groups is 1. The van der Waals surface area contributed by atoms with E-state index in [9.17, 15) is 4.79 Å². The third-order valence-electron chi connectivity index (χ3n) is 4.70. The summed E-state index contributed by atoms with van der Waals surface area (Å²) in [6.45, 7) is 6.65. The Labute approximate surface area is 156 Å². The van der Waals surface area contributed by atoms with Crippen LogP contribution < -0.4 is 0 Å². The fourth-order valence-corrected chi connectivity index (χ4v) is 4.53. The van der Waals surface area contributed by atoms with Gasteiger partial charge in [-0.1, -0.05) is 45.0 Å². The van der Waals surface area contributed by atoms with Gasteiger partial charge in [0.2, 0.25) is 0 Å². The Morgan fingerprint density at radius 3 is 3.00 bits per heavy atom. The van der Waals surface area contributed by atoms with Gasteiger partial charge in [-0.25, -0.2) is 0 Å². The minimum Gasteiger partial charge on any atom is -0.461 e. The number of rotatable bonds is 6. The highest BCUT2D eigenvalue weighted by atomic mass is 32.2. The van der Waals surface area contributed by atoms with Gasteiger partial charge in [0.25, 0.3) is 11.1 Å². The van der Waals surface area contributed by atoms with Crippen molar-refractivity contribution in [2.75, 3.05) is 5.75 Å². The topological polar surface area (TPSA) is 65.2 Å². The standard InChI is InChI=1S/C18H24N2O3S2/c1-11(2)13-7-6-12(3)9-14(13)22-16(21)10-25-18-20-19-17(23-18)15-5-4-8-24-15/h4-5,8,11-14H,6-7,9-10H2,1-3H3. The van der Waals surface area contributed by atoms with E-state index in [0.717, 1.165) is 17.7 Å². The van der Waals surface area contributed by atoms with E-state index < -0.39 is 0 Å². The Morgan fingerprint density at radius 1 is 1.44 bits per heavy atom. The second-order valence-electron chi connectivity index (χ2n) is 6.99. The highest BCUT2D eigenvalue weighted by molar-refractivity contribution is 7.99. The van der Waals surface area contributed by atoms with Crippen LogP contribution in [0.15, 0.2) is 27.2 Å². The maximum absolute atomic E-state index is 12.3. The lowest BCUT2D eigenvalue weighted by Crippen LogP contribution is -2.36. The van der Waals surface area contributed by atoms with E-state index in [1.165, 1.54) is 18.2 Å². The number of nitrogens with zero attached hydrogens (tertiary/aromatic N) is 2. The molecule has 7 heteroatoms. The molecule has 2 heterocycles. The van der Waals surface area contributed by atoms with Crippen molar-refractivity contribution in [2.45, 2.75) is 51.4 Å². The number of esters is 1. The van der Waals surface area contributed by atoms with Gasteiger partial charge >= 0.3 is 5.97 Å². The summed E-state index contributed by atoms with van der Waals surface area (Å²) in [7, 11) is 0. The minimum absolute atomic E-state index is 0.0289. The number of thiophene rings is 1. The first-order chi connectivity index (χ1) is 12.0. The van der Waals surface area contributed by atoms with Crippen LogP contribution in [0.4, 0.5) is 0 Å². The third kappa shape index (κ3) is 4.85. The van der Waals surface area contributed by atoms with Crippen LogP contribution in [0.3, 0.4) is 0 Å². The summed E-state index contributed by atoms with van der Waals surface area (Å²) in [5.74, 6) is 2.09. The fraction of sp³-hybridized carbons (Fsp3) is 0.611. The molecule has 0 radical (unpaired) electrons.